The van der Waals surface area contributed by atoms with Gasteiger partial charge in [0.05, 0.1) is 23.4 Å². The van der Waals surface area contributed by atoms with Gasteiger partial charge in [0.15, 0.2) is 0 Å². The molecule has 2 rings (SSSR count). The predicted molar refractivity (Wildman–Crippen MR) is 88.4 cm³/mol. The average molecular weight is 319 g/mol. The number of hydrogen-bond donors (Lipinski definition) is 1. The fourth-order valence-electron chi connectivity index (χ4n) is 1.94. The van der Waals surface area contributed by atoms with Crippen molar-refractivity contribution in [2.75, 3.05) is 11.9 Å². The zero-order chi connectivity index (χ0) is 16.1. The van der Waals surface area contributed by atoms with Gasteiger partial charge in [-0.05, 0) is 26.0 Å². The van der Waals surface area contributed by atoms with Gasteiger partial charge < -0.3 is 10.1 Å². The van der Waals surface area contributed by atoms with E-state index in [2.05, 4.69) is 29.1 Å². The van der Waals surface area contributed by atoms with Crippen molar-refractivity contribution in [3.05, 3.63) is 40.0 Å². The molecule has 0 saturated carbocycles. The van der Waals surface area contributed by atoms with Gasteiger partial charge in [0.2, 0.25) is 0 Å². The van der Waals surface area contributed by atoms with E-state index in [1.54, 1.807) is 36.6 Å². The molecule has 0 aliphatic heterocycles. The Labute approximate surface area is 134 Å². The van der Waals surface area contributed by atoms with Crippen molar-refractivity contribution in [2.45, 2.75) is 39.7 Å². The Balaban J connectivity index is 2.17. The number of hydrogen-bond acceptors (Lipinski definition) is 6. The van der Waals surface area contributed by atoms with Gasteiger partial charge in [-0.15, -0.1) is 11.3 Å². The smallest absolute Gasteiger partial charge is 0.341 e. The van der Waals surface area contributed by atoms with Crippen LogP contribution in [0.1, 0.15) is 60.7 Å². The lowest BCUT2D eigenvalue weighted by Gasteiger charge is -2.15. The van der Waals surface area contributed by atoms with Crippen molar-refractivity contribution in [3.63, 3.8) is 0 Å². The second kappa shape index (κ2) is 7.35. The molecule has 22 heavy (non-hydrogen) atoms. The second-order valence-electron chi connectivity index (χ2n) is 5.25. The van der Waals surface area contributed by atoms with Gasteiger partial charge in [-0.3, -0.25) is 0 Å². The highest BCUT2D eigenvalue weighted by Crippen LogP contribution is 2.25. The Kier molecular flexibility index (Phi) is 5.49. The van der Waals surface area contributed by atoms with Crippen LogP contribution >= 0.6 is 11.3 Å². The van der Waals surface area contributed by atoms with E-state index >= 15 is 0 Å². The first-order chi connectivity index (χ1) is 10.5. The molecular weight excluding hydrogens is 298 g/mol. The van der Waals surface area contributed by atoms with Crippen molar-refractivity contribution in [1.29, 1.82) is 0 Å². The van der Waals surface area contributed by atoms with Gasteiger partial charge in [0.25, 0.3) is 0 Å². The highest BCUT2D eigenvalue weighted by atomic mass is 32.1. The molecule has 0 bridgehead atoms. The fourth-order valence-corrected chi connectivity index (χ4v) is 2.87. The fraction of sp³-hybridized carbons (Fsp3) is 0.438. The molecule has 0 spiro atoms. The lowest BCUT2D eigenvalue weighted by Crippen LogP contribution is -2.14. The molecule has 0 aliphatic rings. The summed E-state index contributed by atoms with van der Waals surface area (Å²) in [6.07, 6.45) is 1.65. The van der Waals surface area contributed by atoms with E-state index < -0.39 is 0 Å². The molecule has 6 heteroatoms. The van der Waals surface area contributed by atoms with Crippen LogP contribution in [-0.4, -0.2) is 22.5 Å². The summed E-state index contributed by atoms with van der Waals surface area (Å²) in [4.78, 5) is 20.8. The molecule has 0 saturated heterocycles. The molecule has 1 atom stereocenters. The molecule has 1 N–H and O–H groups in total. The first-order valence-corrected chi connectivity index (χ1v) is 8.24. The van der Waals surface area contributed by atoms with Crippen LogP contribution in [0.2, 0.25) is 0 Å². The number of carbonyl (C=O) groups is 1. The summed E-state index contributed by atoms with van der Waals surface area (Å²) >= 11 is 1.65. The lowest BCUT2D eigenvalue weighted by atomic mass is 10.2. The number of rotatable bonds is 6. The van der Waals surface area contributed by atoms with Gasteiger partial charge in [-0.25, -0.2) is 14.8 Å². The molecular formula is C16H21N3O2S. The Morgan fingerprint density at radius 3 is 2.82 bits per heavy atom. The number of anilines is 1. The van der Waals surface area contributed by atoms with Crippen LogP contribution < -0.4 is 5.32 Å². The predicted octanol–water partition coefficient (Wildman–Crippen LogP) is 4.01. The van der Waals surface area contributed by atoms with Gasteiger partial charge in [-0.1, -0.05) is 13.8 Å². The highest BCUT2D eigenvalue weighted by Gasteiger charge is 2.17. The van der Waals surface area contributed by atoms with E-state index in [4.69, 9.17) is 4.74 Å². The van der Waals surface area contributed by atoms with E-state index in [1.165, 1.54) is 0 Å². The zero-order valence-corrected chi connectivity index (χ0v) is 14.1. The van der Waals surface area contributed by atoms with Crippen LogP contribution in [0.25, 0.3) is 0 Å². The largest absolute Gasteiger partial charge is 0.462 e. The summed E-state index contributed by atoms with van der Waals surface area (Å²) in [5, 5.41) is 6.40. The maximum Gasteiger partial charge on any atom is 0.341 e. The number of esters is 1. The summed E-state index contributed by atoms with van der Waals surface area (Å²) in [7, 11) is 0. The number of carbonyl (C=O) groups excluding carboxylic acids is 1. The summed E-state index contributed by atoms with van der Waals surface area (Å²) in [6.45, 7) is 8.37. The standard InChI is InChI=1S/C16H21N3O2S/c1-5-21-16(20)12-7-6-8-17-14(12)18-11(4)13-9-22-15(19-13)10(2)3/h6-11H,5H2,1-4H3,(H,17,18). The van der Waals surface area contributed by atoms with Gasteiger partial charge in [0.1, 0.15) is 11.4 Å². The van der Waals surface area contributed by atoms with Crippen molar-refractivity contribution in [2.24, 2.45) is 0 Å². The molecule has 0 radical (unpaired) electrons. The van der Waals surface area contributed by atoms with Crippen LogP contribution in [0.5, 0.6) is 0 Å². The Hall–Kier alpha value is -1.95. The molecule has 1 unspecified atom stereocenters. The Morgan fingerprint density at radius 2 is 2.18 bits per heavy atom. The normalized spacial score (nSPS) is 12.2. The van der Waals surface area contributed by atoms with E-state index in [1.807, 2.05) is 12.3 Å². The van der Waals surface area contributed by atoms with Gasteiger partial charge >= 0.3 is 5.97 Å². The van der Waals surface area contributed by atoms with Gasteiger partial charge in [0, 0.05) is 17.5 Å². The molecule has 2 heterocycles. The number of nitrogens with zero attached hydrogens (tertiary/aromatic N) is 2. The SMILES string of the molecule is CCOC(=O)c1cccnc1NC(C)c1csc(C(C)C)n1. The second-order valence-corrected chi connectivity index (χ2v) is 6.14. The van der Waals surface area contributed by atoms with E-state index in [9.17, 15) is 4.79 Å². The van der Waals surface area contributed by atoms with Crippen molar-refractivity contribution >= 4 is 23.1 Å². The molecule has 118 valence electrons. The summed E-state index contributed by atoms with van der Waals surface area (Å²) in [5.74, 6) is 0.565. The van der Waals surface area contributed by atoms with Crippen LogP contribution in [0, 0.1) is 0 Å². The third kappa shape index (κ3) is 3.82. The van der Waals surface area contributed by atoms with Gasteiger partial charge in [-0.2, -0.15) is 0 Å². The third-order valence-electron chi connectivity index (χ3n) is 3.13. The van der Waals surface area contributed by atoms with Crippen molar-refractivity contribution < 1.29 is 9.53 Å². The van der Waals surface area contributed by atoms with Crippen LogP contribution in [0.4, 0.5) is 5.82 Å². The summed E-state index contributed by atoms with van der Waals surface area (Å²) in [6, 6.07) is 3.40. The number of thiazole rings is 1. The molecule has 0 aromatic carbocycles. The third-order valence-corrected chi connectivity index (χ3v) is 4.30. The molecule has 0 fully saturated rings. The van der Waals surface area contributed by atoms with E-state index in [0.29, 0.717) is 23.9 Å². The molecule has 5 nitrogen and oxygen atoms in total. The van der Waals surface area contributed by atoms with Crippen molar-refractivity contribution in [1.82, 2.24) is 9.97 Å². The topological polar surface area (TPSA) is 64.1 Å². The zero-order valence-electron chi connectivity index (χ0n) is 13.3. The number of ether oxygens (including phenoxy) is 1. The van der Waals surface area contributed by atoms with Crippen LogP contribution in [0.15, 0.2) is 23.7 Å². The van der Waals surface area contributed by atoms with Crippen LogP contribution in [0.3, 0.4) is 0 Å². The highest BCUT2D eigenvalue weighted by molar-refractivity contribution is 7.09. The lowest BCUT2D eigenvalue weighted by molar-refractivity contribution is 0.0527. The van der Waals surface area contributed by atoms with E-state index in [-0.39, 0.29) is 12.0 Å². The Morgan fingerprint density at radius 1 is 1.41 bits per heavy atom. The first kappa shape index (κ1) is 16.4. The van der Waals surface area contributed by atoms with Crippen LogP contribution in [-0.2, 0) is 4.74 Å². The molecule has 0 aliphatic carbocycles. The minimum Gasteiger partial charge on any atom is -0.462 e. The number of aromatic nitrogens is 2. The first-order valence-electron chi connectivity index (χ1n) is 7.36. The quantitative estimate of drug-likeness (QED) is 0.815. The molecule has 0 amide bonds. The molecule has 2 aromatic rings. The monoisotopic (exact) mass is 319 g/mol. The minimum absolute atomic E-state index is 0.0353. The molecule has 2 aromatic heterocycles. The maximum absolute atomic E-state index is 12.0. The number of nitrogens with one attached hydrogen (secondary N) is 1. The summed E-state index contributed by atoms with van der Waals surface area (Å²) < 4.78 is 5.06. The van der Waals surface area contributed by atoms with E-state index in [0.717, 1.165) is 10.7 Å². The number of pyridine rings is 1. The average Bonchev–Trinajstić information content (AvgIpc) is 2.98. The Bertz CT molecular complexity index is 640. The van der Waals surface area contributed by atoms with Crippen molar-refractivity contribution in [3.8, 4) is 0 Å². The minimum atomic E-state index is -0.369. The maximum atomic E-state index is 12.0. The summed E-state index contributed by atoms with van der Waals surface area (Å²) in [5.41, 5.74) is 1.39.